The number of rotatable bonds is 4. The summed E-state index contributed by atoms with van der Waals surface area (Å²) < 4.78 is 5.39. The van der Waals surface area contributed by atoms with Crippen molar-refractivity contribution in [1.29, 1.82) is 0 Å². The fourth-order valence-electron chi connectivity index (χ4n) is 2.23. The van der Waals surface area contributed by atoms with Crippen LogP contribution in [-0.4, -0.2) is 31.7 Å². The lowest BCUT2D eigenvalue weighted by Gasteiger charge is -2.34. The molecule has 0 saturated carbocycles. The minimum Gasteiger partial charge on any atom is -0.381 e. The number of benzene rings is 1. The van der Waals surface area contributed by atoms with Crippen LogP contribution in [0.15, 0.2) is 24.3 Å². The molecule has 1 aromatic carbocycles. The van der Waals surface area contributed by atoms with E-state index in [1.54, 1.807) is 7.05 Å². The van der Waals surface area contributed by atoms with E-state index in [4.69, 9.17) is 4.74 Å². The number of nitrogens with one attached hydrogen (secondary N) is 2. The lowest BCUT2D eigenvalue weighted by atomic mass is 9.92. The van der Waals surface area contributed by atoms with Gasteiger partial charge in [-0.15, -0.1) is 0 Å². The van der Waals surface area contributed by atoms with Crippen LogP contribution in [0.1, 0.15) is 35.7 Å². The van der Waals surface area contributed by atoms with Crippen molar-refractivity contribution in [2.24, 2.45) is 0 Å². The number of carbonyl (C=O) groups is 1. The quantitative estimate of drug-likeness (QED) is 0.868. The molecule has 1 aliphatic heterocycles. The first-order valence-electron chi connectivity index (χ1n) is 6.77. The predicted octanol–water partition coefficient (Wildman–Crippen LogP) is 1.70. The molecule has 0 radical (unpaired) electrons. The smallest absolute Gasteiger partial charge is 0.251 e. The number of amides is 1. The van der Waals surface area contributed by atoms with Crippen LogP contribution in [0.25, 0.3) is 0 Å². The lowest BCUT2D eigenvalue weighted by molar-refractivity contribution is 0.0446. The normalized spacial score (nSPS) is 18.0. The number of hydrogen-bond donors (Lipinski definition) is 2. The third-order valence-electron chi connectivity index (χ3n) is 3.76. The van der Waals surface area contributed by atoms with Gasteiger partial charge in [0.1, 0.15) is 0 Å². The van der Waals surface area contributed by atoms with Crippen molar-refractivity contribution in [2.45, 2.75) is 31.8 Å². The second-order valence-corrected chi connectivity index (χ2v) is 5.30. The van der Waals surface area contributed by atoms with Gasteiger partial charge in [0.15, 0.2) is 0 Å². The maximum Gasteiger partial charge on any atom is 0.251 e. The fourth-order valence-corrected chi connectivity index (χ4v) is 2.23. The van der Waals surface area contributed by atoms with E-state index in [-0.39, 0.29) is 11.4 Å². The fraction of sp³-hybridized carbons (Fsp3) is 0.533. The highest BCUT2D eigenvalue weighted by Gasteiger charge is 2.26. The topological polar surface area (TPSA) is 50.4 Å². The molecule has 4 heteroatoms. The Bertz CT molecular complexity index is 422. The molecule has 1 aliphatic rings. The SMILES string of the molecule is CNC(=O)c1ccc(CNC2(C)CCOCC2)cc1. The van der Waals surface area contributed by atoms with Gasteiger partial charge in [0, 0.05) is 37.9 Å². The minimum absolute atomic E-state index is 0.0455. The monoisotopic (exact) mass is 262 g/mol. The van der Waals surface area contributed by atoms with E-state index >= 15 is 0 Å². The molecule has 1 saturated heterocycles. The van der Waals surface area contributed by atoms with Crippen LogP contribution in [0.4, 0.5) is 0 Å². The van der Waals surface area contributed by atoms with E-state index in [0.29, 0.717) is 5.56 Å². The standard InChI is InChI=1S/C15H22N2O2/c1-15(7-9-19-10-8-15)17-11-12-3-5-13(6-4-12)14(18)16-2/h3-6,17H,7-11H2,1-2H3,(H,16,18). The molecule has 1 heterocycles. The second-order valence-electron chi connectivity index (χ2n) is 5.30. The average Bonchev–Trinajstić information content (AvgIpc) is 2.46. The number of ether oxygens (including phenoxy) is 1. The molecule has 2 N–H and O–H groups in total. The Morgan fingerprint density at radius 1 is 1.26 bits per heavy atom. The summed E-state index contributed by atoms with van der Waals surface area (Å²) >= 11 is 0. The van der Waals surface area contributed by atoms with Crippen LogP contribution in [0.5, 0.6) is 0 Å². The van der Waals surface area contributed by atoms with E-state index in [1.165, 1.54) is 5.56 Å². The highest BCUT2D eigenvalue weighted by atomic mass is 16.5. The molecular weight excluding hydrogens is 240 g/mol. The van der Waals surface area contributed by atoms with Gasteiger partial charge in [-0.1, -0.05) is 12.1 Å². The zero-order chi connectivity index (χ0) is 13.7. The molecule has 0 aliphatic carbocycles. The van der Waals surface area contributed by atoms with Gasteiger partial charge >= 0.3 is 0 Å². The van der Waals surface area contributed by atoms with Gasteiger partial charge in [-0.25, -0.2) is 0 Å². The van der Waals surface area contributed by atoms with E-state index < -0.39 is 0 Å². The minimum atomic E-state index is -0.0455. The summed E-state index contributed by atoms with van der Waals surface area (Å²) in [6.45, 7) is 4.73. The van der Waals surface area contributed by atoms with Crippen LogP contribution < -0.4 is 10.6 Å². The Kier molecular flexibility index (Phi) is 4.56. The van der Waals surface area contributed by atoms with Crippen LogP contribution in [0.3, 0.4) is 0 Å². The summed E-state index contributed by atoms with van der Waals surface area (Å²) in [5, 5.41) is 6.22. The largest absolute Gasteiger partial charge is 0.381 e. The Morgan fingerprint density at radius 3 is 2.47 bits per heavy atom. The Hall–Kier alpha value is -1.39. The maximum absolute atomic E-state index is 11.4. The summed E-state index contributed by atoms with van der Waals surface area (Å²) in [5.74, 6) is -0.0455. The van der Waals surface area contributed by atoms with Crippen molar-refractivity contribution in [3.05, 3.63) is 35.4 Å². The van der Waals surface area contributed by atoms with Crippen molar-refractivity contribution in [2.75, 3.05) is 20.3 Å². The summed E-state index contributed by atoms with van der Waals surface area (Å²) in [6, 6.07) is 7.73. The van der Waals surface area contributed by atoms with Crippen molar-refractivity contribution in [1.82, 2.24) is 10.6 Å². The van der Waals surface area contributed by atoms with Gasteiger partial charge in [0.05, 0.1) is 0 Å². The van der Waals surface area contributed by atoms with Gasteiger partial charge in [-0.05, 0) is 37.5 Å². The Balaban J connectivity index is 1.91. The van der Waals surface area contributed by atoms with Gasteiger partial charge in [0.25, 0.3) is 5.91 Å². The van der Waals surface area contributed by atoms with Crippen molar-refractivity contribution < 1.29 is 9.53 Å². The molecule has 19 heavy (non-hydrogen) atoms. The third-order valence-corrected chi connectivity index (χ3v) is 3.76. The van der Waals surface area contributed by atoms with E-state index in [2.05, 4.69) is 17.6 Å². The molecule has 0 unspecified atom stereocenters. The number of carbonyl (C=O) groups excluding carboxylic acids is 1. The second kappa shape index (κ2) is 6.17. The Morgan fingerprint density at radius 2 is 1.89 bits per heavy atom. The van der Waals surface area contributed by atoms with Gasteiger partial charge < -0.3 is 15.4 Å². The van der Waals surface area contributed by atoms with Crippen molar-refractivity contribution >= 4 is 5.91 Å². The lowest BCUT2D eigenvalue weighted by Crippen LogP contribution is -2.46. The van der Waals surface area contributed by atoms with Crippen LogP contribution in [0, 0.1) is 0 Å². The molecule has 1 fully saturated rings. The summed E-state index contributed by atoms with van der Waals surface area (Å²) in [4.78, 5) is 11.4. The predicted molar refractivity (Wildman–Crippen MR) is 75.1 cm³/mol. The van der Waals surface area contributed by atoms with Crippen molar-refractivity contribution in [3.63, 3.8) is 0 Å². The van der Waals surface area contributed by atoms with E-state index in [0.717, 1.165) is 32.6 Å². The van der Waals surface area contributed by atoms with Gasteiger partial charge in [-0.2, -0.15) is 0 Å². The zero-order valence-corrected chi connectivity index (χ0v) is 11.7. The van der Waals surface area contributed by atoms with Crippen LogP contribution in [0.2, 0.25) is 0 Å². The average molecular weight is 262 g/mol. The maximum atomic E-state index is 11.4. The van der Waals surface area contributed by atoms with Crippen LogP contribution in [-0.2, 0) is 11.3 Å². The summed E-state index contributed by atoms with van der Waals surface area (Å²) in [7, 11) is 1.64. The van der Waals surface area contributed by atoms with Crippen LogP contribution >= 0.6 is 0 Å². The third kappa shape index (κ3) is 3.78. The Labute approximate surface area is 114 Å². The zero-order valence-electron chi connectivity index (χ0n) is 11.7. The van der Waals surface area contributed by atoms with Gasteiger partial charge in [0.2, 0.25) is 0 Å². The molecule has 2 rings (SSSR count). The molecule has 0 bridgehead atoms. The number of hydrogen-bond acceptors (Lipinski definition) is 3. The highest BCUT2D eigenvalue weighted by molar-refractivity contribution is 5.93. The molecule has 4 nitrogen and oxygen atoms in total. The summed E-state index contributed by atoms with van der Waals surface area (Å²) in [6.07, 6.45) is 2.09. The first kappa shape index (κ1) is 14.0. The van der Waals surface area contributed by atoms with Gasteiger partial charge in [-0.3, -0.25) is 4.79 Å². The molecule has 1 aromatic rings. The molecule has 104 valence electrons. The molecule has 0 spiro atoms. The molecule has 0 atom stereocenters. The first-order valence-corrected chi connectivity index (χ1v) is 6.77. The first-order chi connectivity index (χ1) is 9.13. The summed E-state index contributed by atoms with van der Waals surface area (Å²) in [5.41, 5.74) is 2.06. The van der Waals surface area contributed by atoms with E-state index in [1.807, 2.05) is 24.3 Å². The highest BCUT2D eigenvalue weighted by Crippen LogP contribution is 2.20. The van der Waals surface area contributed by atoms with Crippen molar-refractivity contribution in [3.8, 4) is 0 Å². The molecule has 1 amide bonds. The molecular formula is C15H22N2O2. The molecule has 0 aromatic heterocycles. The van der Waals surface area contributed by atoms with E-state index in [9.17, 15) is 4.79 Å².